The molecular formula is C12H18NO5P. The maximum atomic E-state index is 11.4. The van der Waals surface area contributed by atoms with Crippen molar-refractivity contribution in [1.82, 2.24) is 5.32 Å². The number of hydrogen-bond donors (Lipinski definition) is 3. The van der Waals surface area contributed by atoms with Crippen molar-refractivity contribution in [3.63, 3.8) is 0 Å². The summed E-state index contributed by atoms with van der Waals surface area (Å²) < 4.78 is 15.7. The second-order valence-electron chi connectivity index (χ2n) is 4.40. The first kappa shape index (κ1) is 15.7. The summed E-state index contributed by atoms with van der Waals surface area (Å²) in [6.07, 6.45) is -0.854. The molecule has 19 heavy (non-hydrogen) atoms. The topological polar surface area (TPSA) is 95.9 Å². The molecule has 1 amide bonds. The molecule has 3 N–H and O–H groups in total. The van der Waals surface area contributed by atoms with E-state index < -0.39 is 13.7 Å². The van der Waals surface area contributed by atoms with Crippen LogP contribution in [0.2, 0.25) is 0 Å². The molecule has 0 aliphatic carbocycles. The van der Waals surface area contributed by atoms with Gasteiger partial charge < -0.3 is 19.8 Å². The standard InChI is InChI=1S/C12H18NO5P/c1-10(9-19(15,16)17)7-13-12(14)18-8-11-5-3-2-4-6-11/h2-6,10H,7-9H2,1H3,(H,13,14)(H2,15,16,17). The number of alkyl carbamates (subject to hydrolysis) is 1. The third-order valence-corrected chi connectivity index (χ3v) is 3.46. The van der Waals surface area contributed by atoms with Crippen molar-refractivity contribution in [1.29, 1.82) is 0 Å². The minimum absolute atomic E-state index is 0.165. The molecule has 0 bridgehead atoms. The molecule has 0 saturated carbocycles. The van der Waals surface area contributed by atoms with Crippen molar-refractivity contribution in [2.45, 2.75) is 13.5 Å². The summed E-state index contributed by atoms with van der Waals surface area (Å²) in [7, 11) is -4.04. The molecule has 1 rings (SSSR count). The third-order valence-electron chi connectivity index (χ3n) is 2.36. The first-order valence-electron chi connectivity index (χ1n) is 5.86. The molecular weight excluding hydrogens is 269 g/mol. The Labute approximate surface area is 111 Å². The van der Waals surface area contributed by atoms with Crippen molar-refractivity contribution in [3.8, 4) is 0 Å². The van der Waals surface area contributed by atoms with Crippen LogP contribution >= 0.6 is 7.60 Å². The average Bonchev–Trinajstić information content (AvgIpc) is 2.33. The van der Waals surface area contributed by atoms with Crippen LogP contribution in [0, 0.1) is 5.92 Å². The van der Waals surface area contributed by atoms with Gasteiger partial charge in [-0.1, -0.05) is 37.3 Å². The zero-order valence-corrected chi connectivity index (χ0v) is 11.5. The van der Waals surface area contributed by atoms with Crippen LogP contribution in [-0.4, -0.2) is 28.6 Å². The molecule has 0 aliphatic rings. The Hall–Kier alpha value is -1.36. The molecule has 106 valence electrons. The van der Waals surface area contributed by atoms with Crippen LogP contribution in [0.3, 0.4) is 0 Å². The smallest absolute Gasteiger partial charge is 0.407 e. The highest BCUT2D eigenvalue weighted by atomic mass is 31.2. The Morgan fingerprint density at radius 2 is 2.00 bits per heavy atom. The zero-order valence-electron chi connectivity index (χ0n) is 10.7. The lowest BCUT2D eigenvalue weighted by molar-refractivity contribution is 0.138. The quantitative estimate of drug-likeness (QED) is 0.692. The normalized spacial score (nSPS) is 12.8. The SMILES string of the molecule is CC(CNC(=O)OCc1ccccc1)CP(=O)(O)O. The van der Waals surface area contributed by atoms with Crippen LogP contribution in [0.15, 0.2) is 30.3 Å². The van der Waals surface area contributed by atoms with Gasteiger partial charge in [0.1, 0.15) is 6.61 Å². The Morgan fingerprint density at radius 1 is 1.37 bits per heavy atom. The van der Waals surface area contributed by atoms with E-state index in [-0.39, 0.29) is 25.2 Å². The highest BCUT2D eigenvalue weighted by molar-refractivity contribution is 7.51. The highest BCUT2D eigenvalue weighted by Crippen LogP contribution is 2.36. The van der Waals surface area contributed by atoms with Crippen LogP contribution in [0.4, 0.5) is 4.79 Å². The van der Waals surface area contributed by atoms with Crippen LogP contribution in [0.5, 0.6) is 0 Å². The number of hydrogen-bond acceptors (Lipinski definition) is 3. The van der Waals surface area contributed by atoms with Crippen LogP contribution < -0.4 is 5.32 Å². The van der Waals surface area contributed by atoms with Gasteiger partial charge in [-0.2, -0.15) is 0 Å². The zero-order chi connectivity index (χ0) is 14.3. The lowest BCUT2D eigenvalue weighted by Gasteiger charge is -2.13. The van der Waals surface area contributed by atoms with E-state index in [1.165, 1.54) is 0 Å². The van der Waals surface area contributed by atoms with E-state index in [9.17, 15) is 9.36 Å². The molecule has 0 spiro atoms. The molecule has 0 aliphatic heterocycles. The van der Waals surface area contributed by atoms with Crippen molar-refractivity contribution in [2.24, 2.45) is 5.92 Å². The molecule has 6 nitrogen and oxygen atoms in total. The van der Waals surface area contributed by atoms with Gasteiger partial charge in [-0.15, -0.1) is 0 Å². The van der Waals surface area contributed by atoms with Gasteiger partial charge in [0.25, 0.3) is 0 Å². The fourth-order valence-electron chi connectivity index (χ4n) is 1.50. The fourth-order valence-corrected chi connectivity index (χ4v) is 2.44. The number of ether oxygens (including phenoxy) is 1. The van der Waals surface area contributed by atoms with Crippen LogP contribution in [0.25, 0.3) is 0 Å². The molecule has 0 radical (unpaired) electrons. The molecule has 0 saturated heterocycles. The van der Waals surface area contributed by atoms with Gasteiger partial charge >= 0.3 is 13.7 Å². The first-order chi connectivity index (χ1) is 8.87. The van der Waals surface area contributed by atoms with Gasteiger partial charge in [-0.3, -0.25) is 4.57 Å². The summed E-state index contributed by atoms with van der Waals surface area (Å²) in [5, 5.41) is 2.47. The maximum absolute atomic E-state index is 11.4. The van der Waals surface area contributed by atoms with Gasteiger partial charge in [-0.05, 0) is 11.5 Å². The van der Waals surface area contributed by atoms with Crippen molar-refractivity contribution in [2.75, 3.05) is 12.7 Å². The molecule has 0 aromatic heterocycles. The first-order valence-corrected chi connectivity index (χ1v) is 7.65. The lowest BCUT2D eigenvalue weighted by atomic mass is 10.2. The number of amides is 1. The van der Waals surface area contributed by atoms with E-state index in [1.807, 2.05) is 30.3 Å². The number of carbonyl (C=O) groups is 1. The summed E-state index contributed by atoms with van der Waals surface area (Å²) in [4.78, 5) is 28.9. The van der Waals surface area contributed by atoms with Gasteiger partial charge in [0.15, 0.2) is 0 Å². The van der Waals surface area contributed by atoms with Gasteiger partial charge in [0, 0.05) is 6.54 Å². The highest BCUT2D eigenvalue weighted by Gasteiger charge is 2.18. The van der Waals surface area contributed by atoms with Crippen LogP contribution in [0.1, 0.15) is 12.5 Å². The Kier molecular flexibility index (Phi) is 6.02. The van der Waals surface area contributed by atoms with Gasteiger partial charge in [-0.25, -0.2) is 4.79 Å². The van der Waals surface area contributed by atoms with Crippen molar-refractivity contribution < 1.29 is 23.9 Å². The fraction of sp³-hybridized carbons (Fsp3) is 0.417. The predicted octanol–water partition coefficient (Wildman–Crippen LogP) is 1.73. The van der Waals surface area contributed by atoms with Crippen LogP contribution in [-0.2, 0) is 15.9 Å². The largest absolute Gasteiger partial charge is 0.445 e. The summed E-state index contributed by atoms with van der Waals surface area (Å²) in [6.45, 7) is 1.98. The van der Waals surface area contributed by atoms with Crippen molar-refractivity contribution in [3.05, 3.63) is 35.9 Å². The Bertz CT molecular complexity index is 445. The third kappa shape index (κ3) is 7.62. The predicted molar refractivity (Wildman–Crippen MR) is 70.7 cm³/mol. The molecule has 1 aromatic rings. The van der Waals surface area contributed by atoms with Crippen molar-refractivity contribution >= 4 is 13.7 Å². The number of carbonyl (C=O) groups excluding carboxylic acids is 1. The minimum Gasteiger partial charge on any atom is -0.445 e. The summed E-state index contributed by atoms with van der Waals surface area (Å²) >= 11 is 0. The van der Waals surface area contributed by atoms with E-state index in [4.69, 9.17) is 14.5 Å². The Balaban J connectivity index is 2.23. The second kappa shape index (κ2) is 7.28. The number of rotatable bonds is 6. The molecule has 1 atom stereocenters. The maximum Gasteiger partial charge on any atom is 0.407 e. The number of benzene rings is 1. The van der Waals surface area contributed by atoms with E-state index in [1.54, 1.807) is 6.92 Å². The monoisotopic (exact) mass is 287 g/mol. The summed E-state index contributed by atoms with van der Waals surface area (Å²) in [5.41, 5.74) is 0.876. The minimum atomic E-state index is -4.04. The Morgan fingerprint density at radius 3 is 2.58 bits per heavy atom. The number of nitrogens with one attached hydrogen (secondary N) is 1. The molecule has 7 heteroatoms. The molecule has 1 unspecified atom stereocenters. The van der Waals surface area contributed by atoms with E-state index in [0.29, 0.717) is 0 Å². The lowest BCUT2D eigenvalue weighted by Crippen LogP contribution is -2.30. The molecule has 0 fully saturated rings. The van der Waals surface area contributed by atoms with E-state index >= 15 is 0 Å². The van der Waals surface area contributed by atoms with Gasteiger partial charge in [0.05, 0.1) is 6.16 Å². The average molecular weight is 287 g/mol. The van der Waals surface area contributed by atoms with E-state index in [2.05, 4.69) is 5.32 Å². The molecule has 0 heterocycles. The van der Waals surface area contributed by atoms with E-state index in [0.717, 1.165) is 5.56 Å². The second-order valence-corrected chi connectivity index (χ2v) is 6.09. The van der Waals surface area contributed by atoms with Gasteiger partial charge in [0.2, 0.25) is 0 Å². The summed E-state index contributed by atoms with van der Waals surface area (Å²) in [5.74, 6) is -0.315. The summed E-state index contributed by atoms with van der Waals surface area (Å²) in [6, 6.07) is 9.23. The molecule has 1 aromatic carbocycles.